The van der Waals surface area contributed by atoms with Gasteiger partial charge >= 0.3 is 0 Å². The molecule has 0 spiro atoms. The van der Waals surface area contributed by atoms with Crippen molar-refractivity contribution in [2.24, 2.45) is 0 Å². The summed E-state index contributed by atoms with van der Waals surface area (Å²) in [5, 5.41) is 2.12. The third kappa shape index (κ3) is 3.02. The summed E-state index contributed by atoms with van der Waals surface area (Å²) in [5.41, 5.74) is 0.778. The van der Waals surface area contributed by atoms with Crippen molar-refractivity contribution in [2.45, 2.75) is 11.8 Å². The molecule has 2 heterocycles. The van der Waals surface area contributed by atoms with Gasteiger partial charge in [-0.2, -0.15) is 0 Å². The molecule has 2 rings (SSSR count). The predicted molar refractivity (Wildman–Crippen MR) is 69.6 cm³/mol. The Morgan fingerprint density at radius 2 is 2.18 bits per heavy atom. The number of nitrogens with one attached hydrogen (secondary N) is 1. The third-order valence-electron chi connectivity index (χ3n) is 1.83. The number of aromatic nitrogens is 2. The second kappa shape index (κ2) is 4.71. The highest BCUT2D eigenvalue weighted by molar-refractivity contribution is 9.10. The minimum absolute atomic E-state index is 0.0970. The zero-order valence-electron chi connectivity index (χ0n) is 8.71. The van der Waals surface area contributed by atoms with Crippen LogP contribution in [0.25, 0.3) is 0 Å². The Hall–Kier alpha value is -0.990. The van der Waals surface area contributed by atoms with E-state index in [0.717, 1.165) is 5.69 Å². The van der Waals surface area contributed by atoms with Crippen LogP contribution in [0, 0.1) is 6.92 Å². The average Bonchev–Trinajstić information content (AvgIpc) is 2.63. The third-order valence-corrected chi connectivity index (χ3v) is 4.58. The molecule has 0 aromatic carbocycles. The van der Waals surface area contributed by atoms with E-state index in [9.17, 15) is 8.42 Å². The van der Waals surface area contributed by atoms with Gasteiger partial charge in [-0.3, -0.25) is 9.71 Å². The average molecular weight is 334 g/mol. The normalized spacial score (nSPS) is 11.4. The first-order chi connectivity index (χ1) is 7.97. The lowest BCUT2D eigenvalue weighted by Gasteiger charge is -2.04. The van der Waals surface area contributed by atoms with Crippen LogP contribution < -0.4 is 4.72 Å². The SMILES string of the molecule is Cc1csc(NS(=O)(=O)c2cncc(Br)c2)n1. The summed E-state index contributed by atoms with van der Waals surface area (Å²) < 4.78 is 26.9. The van der Waals surface area contributed by atoms with Crippen molar-refractivity contribution in [1.82, 2.24) is 9.97 Å². The molecule has 0 amide bonds. The number of nitrogens with zero attached hydrogens (tertiary/aromatic N) is 2. The molecule has 5 nitrogen and oxygen atoms in total. The molecule has 0 fully saturated rings. The zero-order chi connectivity index (χ0) is 12.5. The molecule has 0 aliphatic heterocycles. The highest BCUT2D eigenvalue weighted by Crippen LogP contribution is 2.20. The summed E-state index contributed by atoms with van der Waals surface area (Å²) in [4.78, 5) is 7.95. The summed E-state index contributed by atoms with van der Waals surface area (Å²) in [6, 6.07) is 1.48. The fourth-order valence-electron chi connectivity index (χ4n) is 1.11. The molecule has 17 heavy (non-hydrogen) atoms. The summed E-state index contributed by atoms with van der Waals surface area (Å²) >= 11 is 4.42. The highest BCUT2D eigenvalue weighted by atomic mass is 79.9. The van der Waals surface area contributed by atoms with Gasteiger partial charge in [-0.15, -0.1) is 11.3 Å². The fraction of sp³-hybridized carbons (Fsp3) is 0.111. The standard InChI is InChI=1S/C9H8BrN3O2S2/c1-6-5-16-9(12-6)13-17(14,15)8-2-7(10)3-11-4-8/h2-5H,1H3,(H,12,13). The van der Waals surface area contributed by atoms with Gasteiger partial charge in [0.25, 0.3) is 10.0 Å². The largest absolute Gasteiger partial charge is 0.265 e. The van der Waals surface area contributed by atoms with Crippen molar-refractivity contribution in [3.63, 3.8) is 0 Å². The Morgan fingerprint density at radius 3 is 2.76 bits per heavy atom. The van der Waals surface area contributed by atoms with Crippen LogP contribution in [0.3, 0.4) is 0 Å². The second-order valence-electron chi connectivity index (χ2n) is 3.24. The Bertz CT molecular complexity index is 639. The first kappa shape index (κ1) is 12.5. The van der Waals surface area contributed by atoms with Crippen molar-refractivity contribution in [3.8, 4) is 0 Å². The minimum atomic E-state index is -3.62. The van der Waals surface area contributed by atoms with Gasteiger partial charge in [0.1, 0.15) is 4.90 Å². The summed E-state index contributed by atoms with van der Waals surface area (Å²) in [7, 11) is -3.62. The molecule has 0 saturated carbocycles. The quantitative estimate of drug-likeness (QED) is 0.936. The van der Waals surface area contributed by atoms with Crippen molar-refractivity contribution in [1.29, 1.82) is 0 Å². The number of hydrogen-bond donors (Lipinski definition) is 1. The van der Waals surface area contributed by atoms with Crippen LogP contribution in [0.1, 0.15) is 5.69 Å². The van der Waals surface area contributed by atoms with Crippen molar-refractivity contribution < 1.29 is 8.42 Å². The van der Waals surface area contributed by atoms with E-state index in [1.807, 2.05) is 0 Å². The van der Waals surface area contributed by atoms with Crippen molar-refractivity contribution in [3.05, 3.63) is 34.0 Å². The molecule has 0 unspecified atom stereocenters. The van der Waals surface area contributed by atoms with Gasteiger partial charge in [0, 0.05) is 22.2 Å². The van der Waals surface area contributed by atoms with Gasteiger partial charge in [-0.1, -0.05) is 0 Å². The van der Waals surface area contributed by atoms with Crippen LogP contribution in [-0.2, 0) is 10.0 Å². The van der Waals surface area contributed by atoms with E-state index in [1.165, 1.54) is 29.8 Å². The second-order valence-corrected chi connectivity index (χ2v) is 6.69. The lowest BCUT2D eigenvalue weighted by molar-refractivity contribution is 0.600. The van der Waals surface area contributed by atoms with E-state index in [-0.39, 0.29) is 4.90 Å². The smallest absolute Gasteiger partial charge is 0.262 e. The van der Waals surface area contributed by atoms with Crippen LogP contribution in [0.5, 0.6) is 0 Å². The van der Waals surface area contributed by atoms with E-state index < -0.39 is 10.0 Å². The number of halogens is 1. The van der Waals surface area contributed by atoms with Crippen molar-refractivity contribution in [2.75, 3.05) is 4.72 Å². The Labute approximate surface area is 111 Å². The number of sulfonamides is 1. The van der Waals surface area contributed by atoms with E-state index in [0.29, 0.717) is 9.60 Å². The molecule has 0 saturated heterocycles. The lowest BCUT2D eigenvalue weighted by atomic mass is 10.5. The molecule has 2 aromatic rings. The zero-order valence-corrected chi connectivity index (χ0v) is 11.9. The van der Waals surface area contributed by atoms with E-state index in [2.05, 4.69) is 30.6 Å². The minimum Gasteiger partial charge on any atom is -0.262 e. The monoisotopic (exact) mass is 333 g/mol. The molecule has 1 N–H and O–H groups in total. The van der Waals surface area contributed by atoms with E-state index in [1.54, 1.807) is 12.3 Å². The first-order valence-electron chi connectivity index (χ1n) is 4.53. The van der Waals surface area contributed by atoms with Gasteiger partial charge in [-0.05, 0) is 28.9 Å². The Balaban J connectivity index is 2.31. The molecule has 0 atom stereocenters. The summed E-state index contributed by atoms with van der Waals surface area (Å²) in [6.45, 7) is 1.80. The van der Waals surface area contributed by atoms with Gasteiger partial charge in [0.05, 0.1) is 5.69 Å². The van der Waals surface area contributed by atoms with Gasteiger partial charge in [0.2, 0.25) is 0 Å². The number of anilines is 1. The fourth-order valence-corrected chi connectivity index (χ4v) is 3.56. The van der Waals surface area contributed by atoms with Crippen molar-refractivity contribution >= 4 is 42.4 Å². The van der Waals surface area contributed by atoms with Gasteiger partial charge in [-0.25, -0.2) is 13.4 Å². The molecule has 90 valence electrons. The molecule has 8 heteroatoms. The van der Waals surface area contributed by atoms with Crippen LogP contribution in [0.15, 0.2) is 33.2 Å². The van der Waals surface area contributed by atoms with Crippen LogP contribution in [0.2, 0.25) is 0 Å². The maximum Gasteiger partial charge on any atom is 0.265 e. The number of hydrogen-bond acceptors (Lipinski definition) is 5. The number of pyridine rings is 1. The van der Waals surface area contributed by atoms with Gasteiger partial charge in [0.15, 0.2) is 5.13 Å². The maximum atomic E-state index is 12.0. The Kier molecular flexibility index (Phi) is 3.45. The summed E-state index contributed by atoms with van der Waals surface area (Å²) in [6.07, 6.45) is 2.81. The topological polar surface area (TPSA) is 72.0 Å². The van der Waals surface area contributed by atoms with Crippen LogP contribution in [0.4, 0.5) is 5.13 Å². The number of aryl methyl sites for hydroxylation is 1. The Morgan fingerprint density at radius 1 is 1.41 bits per heavy atom. The summed E-state index contributed by atoms with van der Waals surface area (Å²) in [5.74, 6) is 0. The van der Waals surface area contributed by atoms with Gasteiger partial charge < -0.3 is 0 Å². The molecular weight excluding hydrogens is 326 g/mol. The molecule has 2 aromatic heterocycles. The maximum absolute atomic E-state index is 12.0. The number of thiazole rings is 1. The highest BCUT2D eigenvalue weighted by Gasteiger charge is 2.16. The molecule has 0 aliphatic carbocycles. The van der Waals surface area contributed by atoms with E-state index in [4.69, 9.17) is 0 Å². The molecule has 0 radical (unpaired) electrons. The van der Waals surface area contributed by atoms with Crippen LogP contribution in [-0.4, -0.2) is 18.4 Å². The van der Waals surface area contributed by atoms with E-state index >= 15 is 0 Å². The van der Waals surface area contributed by atoms with Crippen LogP contribution >= 0.6 is 27.3 Å². The predicted octanol–water partition coefficient (Wildman–Crippen LogP) is 2.41. The molecule has 0 aliphatic rings. The lowest BCUT2D eigenvalue weighted by Crippen LogP contribution is -2.13. The number of rotatable bonds is 3. The first-order valence-corrected chi connectivity index (χ1v) is 7.68. The molecular formula is C9H8BrN3O2S2. The molecule has 0 bridgehead atoms.